The highest BCUT2D eigenvalue weighted by Gasteiger charge is 2.26. The minimum Gasteiger partial charge on any atom is -0.274 e. The van der Waals surface area contributed by atoms with Gasteiger partial charge in [0.2, 0.25) is 11.8 Å². The largest absolute Gasteiger partial charge is 0.274 e. The summed E-state index contributed by atoms with van der Waals surface area (Å²) < 4.78 is 0. The Morgan fingerprint density at radius 1 is 0.905 bits per heavy atom. The number of allylic oxidation sites excluding steroid dienone is 1. The van der Waals surface area contributed by atoms with Crippen LogP contribution in [0.25, 0.3) is 0 Å². The molecule has 0 aromatic rings. The quantitative estimate of drug-likeness (QED) is 0.425. The van der Waals surface area contributed by atoms with Crippen LogP contribution >= 0.6 is 0 Å². The molecule has 2 amide bonds. The molecule has 0 atom stereocenters. The highest BCUT2D eigenvalue weighted by Crippen LogP contribution is 2.13. The van der Waals surface area contributed by atoms with E-state index in [2.05, 4.69) is 6.07 Å². The third kappa shape index (κ3) is 7.65. The maximum absolute atomic E-state index is 11.4. The molecule has 0 N–H and O–H groups in total. The van der Waals surface area contributed by atoms with Gasteiger partial charge >= 0.3 is 0 Å². The normalized spacial score (nSPS) is 15.1. The first kappa shape index (κ1) is 17.4. The number of likely N-dealkylation sites (tertiary alicyclic amines) is 1. The maximum atomic E-state index is 11.4. The van der Waals surface area contributed by atoms with Crippen LogP contribution in [0.3, 0.4) is 0 Å². The molecule has 0 bridgehead atoms. The van der Waals surface area contributed by atoms with Crippen molar-refractivity contribution in [3.8, 4) is 6.07 Å². The lowest BCUT2D eigenvalue weighted by Crippen LogP contribution is -2.22. The van der Waals surface area contributed by atoms with Gasteiger partial charge in [-0.2, -0.15) is 5.26 Å². The van der Waals surface area contributed by atoms with Crippen molar-refractivity contribution in [3.05, 3.63) is 12.3 Å². The first-order chi connectivity index (χ1) is 10.3. The van der Waals surface area contributed by atoms with E-state index in [1.165, 1.54) is 43.4 Å². The van der Waals surface area contributed by atoms with Gasteiger partial charge in [-0.25, -0.2) is 0 Å². The summed E-state index contributed by atoms with van der Waals surface area (Å²) in [4.78, 5) is 24.0. The number of nitrogens with zero attached hydrogens (tertiary/aromatic N) is 2. The zero-order valence-corrected chi connectivity index (χ0v) is 12.9. The lowest BCUT2D eigenvalue weighted by molar-refractivity contribution is -0.135. The third-order valence-corrected chi connectivity index (χ3v) is 3.75. The number of unbranched alkanes of at least 4 members (excludes halogenated alkanes) is 9. The molecule has 0 unspecified atom stereocenters. The van der Waals surface area contributed by atoms with Gasteiger partial charge in [-0.15, -0.1) is 0 Å². The van der Waals surface area contributed by atoms with Crippen molar-refractivity contribution in [1.29, 1.82) is 5.26 Å². The fourth-order valence-electron chi connectivity index (χ4n) is 2.47. The van der Waals surface area contributed by atoms with Crippen LogP contribution in [0.5, 0.6) is 0 Å². The number of imide groups is 1. The van der Waals surface area contributed by atoms with Crippen LogP contribution in [0, 0.1) is 11.3 Å². The minimum absolute atomic E-state index is 0.0763. The van der Waals surface area contributed by atoms with Crippen LogP contribution in [0.15, 0.2) is 12.3 Å². The van der Waals surface area contributed by atoms with Crippen molar-refractivity contribution in [3.63, 3.8) is 0 Å². The number of hydrogen-bond donors (Lipinski definition) is 0. The average molecular weight is 290 g/mol. The lowest BCUT2D eigenvalue weighted by Gasteiger charge is -2.06. The summed E-state index contributed by atoms with van der Waals surface area (Å²) in [6, 6.07) is 2.17. The molecule has 4 nitrogen and oxygen atoms in total. The van der Waals surface area contributed by atoms with Crippen molar-refractivity contribution < 1.29 is 9.59 Å². The summed E-state index contributed by atoms with van der Waals surface area (Å²) in [5, 5.41) is 8.41. The molecule has 1 aliphatic rings. The van der Waals surface area contributed by atoms with Crippen LogP contribution in [-0.2, 0) is 9.59 Å². The van der Waals surface area contributed by atoms with E-state index in [0.717, 1.165) is 19.3 Å². The first-order valence-electron chi connectivity index (χ1n) is 8.14. The Morgan fingerprint density at radius 3 is 2.00 bits per heavy atom. The van der Waals surface area contributed by atoms with E-state index in [1.807, 2.05) is 6.08 Å². The standard InChI is InChI=1S/C17H26N2O2/c18-14-10-8-6-4-2-1-3-5-7-9-11-15-19-16(20)12-13-17(19)21/h11,15H,1-10,12-13H2. The highest BCUT2D eigenvalue weighted by molar-refractivity contribution is 6.02. The molecule has 21 heavy (non-hydrogen) atoms. The van der Waals surface area contributed by atoms with E-state index < -0.39 is 0 Å². The summed E-state index contributed by atoms with van der Waals surface area (Å²) in [7, 11) is 0. The van der Waals surface area contributed by atoms with E-state index >= 15 is 0 Å². The van der Waals surface area contributed by atoms with E-state index in [0.29, 0.717) is 19.3 Å². The van der Waals surface area contributed by atoms with Crippen LogP contribution in [-0.4, -0.2) is 16.7 Å². The van der Waals surface area contributed by atoms with E-state index in [1.54, 1.807) is 6.20 Å². The Balaban J connectivity index is 1.90. The second kappa shape index (κ2) is 11.1. The van der Waals surface area contributed by atoms with Gasteiger partial charge in [-0.05, 0) is 19.3 Å². The summed E-state index contributed by atoms with van der Waals surface area (Å²) in [6.07, 6.45) is 15.4. The summed E-state index contributed by atoms with van der Waals surface area (Å²) in [5.41, 5.74) is 0. The van der Waals surface area contributed by atoms with Gasteiger partial charge in [-0.1, -0.05) is 44.6 Å². The predicted molar refractivity (Wildman–Crippen MR) is 82.0 cm³/mol. The van der Waals surface area contributed by atoms with Gasteiger partial charge in [0.05, 0.1) is 6.07 Å². The Hall–Kier alpha value is -1.63. The number of nitriles is 1. The van der Waals surface area contributed by atoms with Crippen molar-refractivity contribution in [2.24, 2.45) is 0 Å². The second-order valence-electron chi connectivity index (χ2n) is 5.57. The zero-order chi connectivity index (χ0) is 15.3. The van der Waals surface area contributed by atoms with E-state index in [4.69, 9.17) is 5.26 Å². The molecule has 0 aromatic heterocycles. The molecule has 1 heterocycles. The second-order valence-corrected chi connectivity index (χ2v) is 5.57. The van der Waals surface area contributed by atoms with Crippen molar-refractivity contribution in [2.75, 3.05) is 0 Å². The molecule has 0 radical (unpaired) electrons. The maximum Gasteiger partial charge on any atom is 0.233 e. The highest BCUT2D eigenvalue weighted by atomic mass is 16.2. The molecular formula is C17H26N2O2. The summed E-state index contributed by atoms with van der Waals surface area (Å²) in [6.45, 7) is 0. The van der Waals surface area contributed by atoms with E-state index in [9.17, 15) is 9.59 Å². The minimum atomic E-state index is -0.0763. The van der Waals surface area contributed by atoms with Gasteiger partial charge in [0.15, 0.2) is 0 Å². The van der Waals surface area contributed by atoms with Crippen LogP contribution in [0.4, 0.5) is 0 Å². The number of rotatable bonds is 11. The topological polar surface area (TPSA) is 61.2 Å². The van der Waals surface area contributed by atoms with Crippen molar-refractivity contribution >= 4 is 11.8 Å². The molecule has 1 rings (SSSR count). The smallest absolute Gasteiger partial charge is 0.233 e. The van der Waals surface area contributed by atoms with E-state index in [-0.39, 0.29) is 11.8 Å². The van der Waals surface area contributed by atoms with Crippen molar-refractivity contribution in [1.82, 2.24) is 4.90 Å². The average Bonchev–Trinajstić information content (AvgIpc) is 2.80. The van der Waals surface area contributed by atoms with Gasteiger partial charge < -0.3 is 0 Å². The number of carbonyl (C=O) groups excluding carboxylic acids is 2. The number of carbonyl (C=O) groups is 2. The molecule has 0 saturated carbocycles. The molecule has 0 aliphatic carbocycles. The summed E-state index contributed by atoms with van der Waals surface area (Å²) in [5.74, 6) is -0.153. The molecule has 1 saturated heterocycles. The van der Waals surface area contributed by atoms with Gasteiger partial charge in [-0.3, -0.25) is 14.5 Å². The predicted octanol–water partition coefficient (Wildman–Crippen LogP) is 4.07. The monoisotopic (exact) mass is 290 g/mol. The van der Waals surface area contributed by atoms with Crippen LogP contribution in [0.2, 0.25) is 0 Å². The molecule has 4 heteroatoms. The molecule has 1 aliphatic heterocycles. The Kier molecular flexibility index (Phi) is 9.19. The number of hydrogen-bond acceptors (Lipinski definition) is 3. The Labute approximate surface area is 127 Å². The third-order valence-electron chi connectivity index (χ3n) is 3.75. The fraction of sp³-hybridized carbons (Fsp3) is 0.706. The fourth-order valence-corrected chi connectivity index (χ4v) is 2.47. The van der Waals surface area contributed by atoms with Gasteiger partial charge in [0.25, 0.3) is 0 Å². The first-order valence-corrected chi connectivity index (χ1v) is 8.14. The molecular weight excluding hydrogens is 264 g/mol. The van der Waals surface area contributed by atoms with Gasteiger partial charge in [0.1, 0.15) is 0 Å². The molecule has 116 valence electrons. The molecule has 0 aromatic carbocycles. The summed E-state index contributed by atoms with van der Waals surface area (Å²) >= 11 is 0. The Bertz CT molecular complexity index is 380. The number of amides is 2. The zero-order valence-electron chi connectivity index (χ0n) is 12.9. The van der Waals surface area contributed by atoms with Crippen molar-refractivity contribution in [2.45, 2.75) is 77.0 Å². The lowest BCUT2D eigenvalue weighted by atomic mass is 10.1. The Morgan fingerprint density at radius 2 is 1.43 bits per heavy atom. The molecule has 1 fully saturated rings. The van der Waals surface area contributed by atoms with Crippen LogP contribution < -0.4 is 0 Å². The van der Waals surface area contributed by atoms with Crippen LogP contribution in [0.1, 0.15) is 77.0 Å². The SMILES string of the molecule is N#CCCCCCCCCCCC=CN1C(=O)CCC1=O. The molecule has 0 spiro atoms. The van der Waals surface area contributed by atoms with Gasteiger partial charge in [0, 0.05) is 25.5 Å².